The van der Waals surface area contributed by atoms with Crippen LogP contribution in [0.4, 0.5) is 4.39 Å². The zero-order valence-electron chi connectivity index (χ0n) is 5.32. The summed E-state index contributed by atoms with van der Waals surface area (Å²) < 4.78 is 11.7. The maximum atomic E-state index is 11.7. The van der Waals surface area contributed by atoms with E-state index < -0.39 is 0 Å². The highest BCUT2D eigenvalue weighted by Gasteiger charge is 1.98. The van der Waals surface area contributed by atoms with E-state index in [0.717, 1.165) is 0 Å². The Morgan fingerprint density at radius 3 is 2.25 bits per heavy atom. The van der Waals surface area contributed by atoms with Crippen LogP contribution in [-0.4, -0.2) is 6.54 Å². The van der Waals surface area contributed by atoms with E-state index in [-0.39, 0.29) is 5.92 Å². The van der Waals surface area contributed by atoms with E-state index in [1.165, 1.54) is 0 Å². The van der Waals surface area contributed by atoms with Gasteiger partial charge in [-0.2, -0.15) is 0 Å². The minimum atomic E-state index is 0.241. The molecule has 0 rings (SSSR count). The first-order valence-electron chi connectivity index (χ1n) is 2.71. The van der Waals surface area contributed by atoms with Crippen molar-refractivity contribution in [1.29, 1.82) is 0 Å². The van der Waals surface area contributed by atoms with E-state index in [1.807, 2.05) is 13.8 Å². The highest BCUT2D eigenvalue weighted by atomic mass is 19.1. The van der Waals surface area contributed by atoms with Crippen LogP contribution < -0.4 is 5.73 Å². The minimum Gasteiger partial charge on any atom is -0.327 e. The van der Waals surface area contributed by atoms with E-state index in [2.05, 4.69) is 0 Å². The molecule has 0 aromatic carbocycles. The van der Waals surface area contributed by atoms with Crippen molar-refractivity contribution >= 4 is 0 Å². The van der Waals surface area contributed by atoms with Crippen molar-refractivity contribution in [1.82, 2.24) is 0 Å². The number of hydrogen-bond acceptors (Lipinski definition) is 1. The fraction of sp³-hybridized carbons (Fsp3) is 0.667. The van der Waals surface area contributed by atoms with Crippen LogP contribution in [0, 0.1) is 5.92 Å². The molecule has 0 aliphatic rings. The lowest BCUT2D eigenvalue weighted by molar-refractivity contribution is 0.654. The van der Waals surface area contributed by atoms with E-state index >= 15 is 0 Å². The Kier molecular flexibility index (Phi) is 3.44. The molecule has 0 bridgehead atoms. The van der Waals surface area contributed by atoms with Crippen molar-refractivity contribution in [2.75, 3.05) is 6.54 Å². The summed E-state index contributed by atoms with van der Waals surface area (Å²) in [4.78, 5) is 0. The van der Waals surface area contributed by atoms with Gasteiger partial charge in [-0.05, 0) is 11.5 Å². The molecule has 0 spiro atoms. The second-order valence-electron chi connectivity index (χ2n) is 2.04. The molecule has 0 aliphatic heterocycles. The second-order valence-corrected chi connectivity index (χ2v) is 2.04. The van der Waals surface area contributed by atoms with E-state index in [0.29, 0.717) is 18.4 Å². The molecule has 0 aromatic heterocycles. The van der Waals surface area contributed by atoms with Crippen LogP contribution >= 0.6 is 0 Å². The Balaban J connectivity index is 3.72. The minimum absolute atomic E-state index is 0.241. The summed E-state index contributed by atoms with van der Waals surface area (Å²) in [7, 11) is 0. The average Bonchev–Trinajstić information content (AvgIpc) is 1.69. The van der Waals surface area contributed by atoms with Crippen molar-refractivity contribution in [2.24, 2.45) is 11.7 Å². The normalized spacial score (nSPS) is 12.9. The van der Waals surface area contributed by atoms with Crippen molar-refractivity contribution in [3.63, 3.8) is 0 Å². The molecule has 48 valence electrons. The highest BCUT2D eigenvalue weighted by molar-refractivity contribution is 5.01. The summed E-state index contributed by atoms with van der Waals surface area (Å²) in [6.07, 6.45) is 0.588. The first-order valence-corrected chi connectivity index (χ1v) is 2.71. The van der Waals surface area contributed by atoms with Gasteiger partial charge in [0.05, 0.1) is 6.33 Å². The predicted octanol–water partition coefficient (Wildman–Crippen LogP) is 1.45. The average molecular weight is 117 g/mol. The van der Waals surface area contributed by atoms with Crippen LogP contribution in [0.2, 0.25) is 0 Å². The lowest BCUT2D eigenvalue weighted by atomic mass is 10.1. The third-order valence-electron chi connectivity index (χ3n) is 1.12. The molecule has 1 nitrogen and oxygen atoms in total. The molecule has 0 fully saturated rings. The quantitative estimate of drug-likeness (QED) is 0.582. The molecular formula is C6H12FN. The topological polar surface area (TPSA) is 26.0 Å². The molecule has 0 saturated carbocycles. The number of rotatable bonds is 2. The van der Waals surface area contributed by atoms with Crippen molar-refractivity contribution in [2.45, 2.75) is 13.8 Å². The zero-order chi connectivity index (χ0) is 6.57. The lowest BCUT2D eigenvalue weighted by Crippen LogP contribution is -2.07. The summed E-state index contributed by atoms with van der Waals surface area (Å²) in [6, 6.07) is 0. The molecule has 8 heavy (non-hydrogen) atoms. The van der Waals surface area contributed by atoms with Gasteiger partial charge in [0, 0.05) is 6.54 Å². The van der Waals surface area contributed by atoms with Gasteiger partial charge in [0.2, 0.25) is 0 Å². The molecule has 0 aromatic rings. The van der Waals surface area contributed by atoms with Gasteiger partial charge < -0.3 is 5.73 Å². The van der Waals surface area contributed by atoms with Crippen molar-refractivity contribution in [3.05, 3.63) is 11.9 Å². The van der Waals surface area contributed by atoms with Crippen LogP contribution in [0.3, 0.4) is 0 Å². The third-order valence-corrected chi connectivity index (χ3v) is 1.12. The van der Waals surface area contributed by atoms with Gasteiger partial charge in [-0.15, -0.1) is 0 Å². The zero-order valence-corrected chi connectivity index (χ0v) is 5.32. The Hall–Kier alpha value is -0.370. The summed E-state index contributed by atoms with van der Waals surface area (Å²) in [5.41, 5.74) is 5.85. The van der Waals surface area contributed by atoms with Gasteiger partial charge in [0.1, 0.15) is 0 Å². The Bertz CT molecular complexity index is 86.5. The molecular weight excluding hydrogens is 105 g/mol. The first kappa shape index (κ1) is 7.63. The number of nitrogens with two attached hydrogens (primary N) is 1. The Morgan fingerprint density at radius 1 is 1.75 bits per heavy atom. The van der Waals surface area contributed by atoms with Gasteiger partial charge in [-0.1, -0.05) is 13.8 Å². The highest BCUT2D eigenvalue weighted by Crippen LogP contribution is 2.06. The monoisotopic (exact) mass is 117 g/mol. The smallest absolute Gasteiger partial charge is 0.0874 e. The molecule has 0 amide bonds. The van der Waals surface area contributed by atoms with Gasteiger partial charge in [-0.25, -0.2) is 4.39 Å². The summed E-state index contributed by atoms with van der Waals surface area (Å²) >= 11 is 0. The summed E-state index contributed by atoms with van der Waals surface area (Å²) in [5.74, 6) is 0.241. The van der Waals surface area contributed by atoms with Gasteiger partial charge in [0.25, 0.3) is 0 Å². The molecule has 0 heterocycles. The molecule has 0 radical (unpaired) electrons. The predicted molar refractivity (Wildman–Crippen MR) is 33.1 cm³/mol. The molecule has 2 N–H and O–H groups in total. The summed E-state index contributed by atoms with van der Waals surface area (Å²) in [6.45, 7) is 4.16. The van der Waals surface area contributed by atoms with E-state index in [9.17, 15) is 4.39 Å². The summed E-state index contributed by atoms with van der Waals surface area (Å²) in [5, 5.41) is 0. The van der Waals surface area contributed by atoms with E-state index in [4.69, 9.17) is 5.73 Å². The molecule has 0 aliphatic carbocycles. The van der Waals surface area contributed by atoms with Crippen molar-refractivity contribution < 1.29 is 4.39 Å². The third kappa shape index (κ3) is 2.07. The fourth-order valence-corrected chi connectivity index (χ4v) is 0.406. The van der Waals surface area contributed by atoms with Gasteiger partial charge >= 0.3 is 0 Å². The van der Waals surface area contributed by atoms with Crippen LogP contribution in [-0.2, 0) is 0 Å². The second kappa shape index (κ2) is 3.61. The van der Waals surface area contributed by atoms with E-state index in [1.54, 1.807) is 0 Å². The Labute approximate surface area is 49.4 Å². The molecule has 0 saturated heterocycles. The first-order chi connectivity index (χ1) is 3.72. The maximum absolute atomic E-state index is 11.7. The largest absolute Gasteiger partial charge is 0.327 e. The van der Waals surface area contributed by atoms with Crippen LogP contribution in [0.25, 0.3) is 0 Å². The van der Waals surface area contributed by atoms with Gasteiger partial charge in [-0.3, -0.25) is 0 Å². The molecule has 0 atom stereocenters. The fourth-order valence-electron chi connectivity index (χ4n) is 0.406. The lowest BCUT2D eigenvalue weighted by Gasteiger charge is -2.03. The number of hydrogen-bond donors (Lipinski definition) is 1. The van der Waals surface area contributed by atoms with Crippen LogP contribution in [0.15, 0.2) is 11.9 Å². The van der Waals surface area contributed by atoms with Gasteiger partial charge in [0.15, 0.2) is 0 Å². The SMILES string of the molecule is CC(C)C(=CF)CN. The van der Waals surface area contributed by atoms with Crippen LogP contribution in [0.5, 0.6) is 0 Å². The van der Waals surface area contributed by atoms with Crippen LogP contribution in [0.1, 0.15) is 13.8 Å². The molecule has 0 unspecified atom stereocenters. The maximum Gasteiger partial charge on any atom is 0.0874 e. The van der Waals surface area contributed by atoms with Crippen molar-refractivity contribution in [3.8, 4) is 0 Å². The number of halogens is 1. The molecule has 2 heteroatoms. The Morgan fingerprint density at radius 2 is 2.25 bits per heavy atom. The standard InChI is InChI=1S/C6H12FN/c1-5(2)6(3-7)4-8/h3,5H,4,8H2,1-2H3.